The lowest BCUT2D eigenvalue weighted by atomic mass is 10.2. The SMILES string of the molecule is CC(Nc1ccc(I)cc1)C(=O)N1CCCC1. The summed E-state index contributed by atoms with van der Waals surface area (Å²) >= 11 is 2.27. The fourth-order valence-electron chi connectivity index (χ4n) is 2.07. The molecule has 1 amide bonds. The van der Waals surface area contributed by atoms with E-state index in [9.17, 15) is 4.79 Å². The Hall–Kier alpha value is -0.780. The Morgan fingerprint density at radius 1 is 1.29 bits per heavy atom. The molecule has 92 valence electrons. The number of likely N-dealkylation sites (tertiary alicyclic amines) is 1. The quantitative estimate of drug-likeness (QED) is 0.856. The highest BCUT2D eigenvalue weighted by Crippen LogP contribution is 2.14. The van der Waals surface area contributed by atoms with Gasteiger partial charge in [0.1, 0.15) is 6.04 Å². The summed E-state index contributed by atoms with van der Waals surface area (Å²) < 4.78 is 1.20. The van der Waals surface area contributed by atoms with Crippen LogP contribution in [-0.4, -0.2) is 29.9 Å². The molecule has 1 unspecified atom stereocenters. The number of benzene rings is 1. The van der Waals surface area contributed by atoms with Crippen LogP contribution < -0.4 is 5.32 Å². The summed E-state index contributed by atoms with van der Waals surface area (Å²) in [6.45, 7) is 3.76. The molecule has 1 atom stereocenters. The number of amides is 1. The van der Waals surface area contributed by atoms with Crippen LogP contribution >= 0.6 is 22.6 Å². The third kappa shape index (κ3) is 3.34. The number of nitrogens with one attached hydrogen (secondary N) is 1. The van der Waals surface area contributed by atoms with Gasteiger partial charge in [-0.05, 0) is 66.6 Å². The second kappa shape index (κ2) is 5.71. The van der Waals surface area contributed by atoms with Gasteiger partial charge in [-0.25, -0.2) is 0 Å². The van der Waals surface area contributed by atoms with Crippen molar-refractivity contribution in [3.8, 4) is 0 Å². The van der Waals surface area contributed by atoms with Crippen LogP contribution in [-0.2, 0) is 4.79 Å². The van der Waals surface area contributed by atoms with E-state index in [0.717, 1.165) is 31.6 Å². The maximum Gasteiger partial charge on any atom is 0.244 e. The van der Waals surface area contributed by atoms with Gasteiger partial charge in [0, 0.05) is 22.3 Å². The van der Waals surface area contributed by atoms with E-state index in [1.54, 1.807) is 0 Å². The lowest BCUT2D eigenvalue weighted by molar-refractivity contribution is -0.130. The van der Waals surface area contributed by atoms with E-state index in [1.807, 2.05) is 36.1 Å². The molecule has 2 rings (SSSR count). The average molecular weight is 344 g/mol. The lowest BCUT2D eigenvalue weighted by Gasteiger charge is -2.21. The molecule has 1 aromatic rings. The highest BCUT2D eigenvalue weighted by atomic mass is 127. The zero-order valence-corrected chi connectivity index (χ0v) is 12.1. The summed E-state index contributed by atoms with van der Waals surface area (Å²) in [4.78, 5) is 14.0. The van der Waals surface area contributed by atoms with Crippen molar-refractivity contribution in [2.24, 2.45) is 0 Å². The number of hydrogen-bond acceptors (Lipinski definition) is 2. The second-order valence-corrected chi connectivity index (χ2v) is 5.65. The summed E-state index contributed by atoms with van der Waals surface area (Å²) in [5.74, 6) is 0.209. The van der Waals surface area contributed by atoms with Gasteiger partial charge in [0.25, 0.3) is 0 Å². The molecule has 1 aromatic carbocycles. The van der Waals surface area contributed by atoms with Crippen molar-refractivity contribution in [3.05, 3.63) is 27.8 Å². The fraction of sp³-hybridized carbons (Fsp3) is 0.462. The standard InChI is InChI=1S/C13H17IN2O/c1-10(13(17)16-8-2-3-9-16)15-12-6-4-11(14)5-7-12/h4-7,10,15H,2-3,8-9H2,1H3. The molecule has 0 aromatic heterocycles. The van der Waals surface area contributed by atoms with Gasteiger partial charge in [-0.1, -0.05) is 0 Å². The molecule has 1 heterocycles. The number of hydrogen-bond donors (Lipinski definition) is 1. The Morgan fingerprint density at radius 2 is 1.88 bits per heavy atom. The van der Waals surface area contributed by atoms with Crippen molar-refractivity contribution < 1.29 is 4.79 Å². The van der Waals surface area contributed by atoms with Crippen LogP contribution in [0.1, 0.15) is 19.8 Å². The minimum absolute atomic E-state index is 0.145. The summed E-state index contributed by atoms with van der Waals surface area (Å²) in [6.07, 6.45) is 2.28. The van der Waals surface area contributed by atoms with Gasteiger partial charge >= 0.3 is 0 Å². The second-order valence-electron chi connectivity index (χ2n) is 4.41. The van der Waals surface area contributed by atoms with Gasteiger partial charge < -0.3 is 10.2 Å². The fourth-order valence-corrected chi connectivity index (χ4v) is 2.43. The number of carbonyl (C=O) groups is 1. The van der Waals surface area contributed by atoms with Crippen LogP contribution in [0.5, 0.6) is 0 Å². The van der Waals surface area contributed by atoms with E-state index in [-0.39, 0.29) is 11.9 Å². The van der Waals surface area contributed by atoms with Crippen molar-refractivity contribution in [1.29, 1.82) is 0 Å². The predicted octanol–water partition coefficient (Wildman–Crippen LogP) is 2.71. The minimum atomic E-state index is -0.145. The Kier molecular flexibility index (Phi) is 4.25. The smallest absolute Gasteiger partial charge is 0.244 e. The van der Waals surface area contributed by atoms with Crippen molar-refractivity contribution in [3.63, 3.8) is 0 Å². The monoisotopic (exact) mass is 344 g/mol. The van der Waals surface area contributed by atoms with Crippen LogP contribution in [0.25, 0.3) is 0 Å². The van der Waals surface area contributed by atoms with Crippen molar-refractivity contribution in [2.75, 3.05) is 18.4 Å². The first-order valence-electron chi connectivity index (χ1n) is 5.98. The topological polar surface area (TPSA) is 32.3 Å². The van der Waals surface area contributed by atoms with E-state index < -0.39 is 0 Å². The average Bonchev–Trinajstić information content (AvgIpc) is 2.84. The molecule has 0 spiro atoms. The van der Waals surface area contributed by atoms with Gasteiger partial charge in [0.15, 0.2) is 0 Å². The molecule has 1 aliphatic rings. The third-order valence-corrected chi connectivity index (χ3v) is 3.73. The molecule has 4 heteroatoms. The van der Waals surface area contributed by atoms with E-state index in [1.165, 1.54) is 3.57 Å². The molecule has 0 aliphatic carbocycles. The number of carbonyl (C=O) groups excluding carboxylic acids is 1. The van der Waals surface area contributed by atoms with E-state index >= 15 is 0 Å². The van der Waals surface area contributed by atoms with Gasteiger partial charge in [-0.3, -0.25) is 4.79 Å². The summed E-state index contributed by atoms with van der Waals surface area (Å²) in [5, 5.41) is 3.25. The highest BCUT2D eigenvalue weighted by Gasteiger charge is 2.22. The van der Waals surface area contributed by atoms with E-state index in [2.05, 4.69) is 27.9 Å². The van der Waals surface area contributed by atoms with Crippen LogP contribution in [0.2, 0.25) is 0 Å². The molecule has 1 aliphatic heterocycles. The zero-order valence-electron chi connectivity index (χ0n) is 9.95. The minimum Gasteiger partial charge on any atom is -0.374 e. The normalized spacial score (nSPS) is 16.9. The maximum atomic E-state index is 12.1. The Balaban J connectivity index is 1.93. The molecule has 3 nitrogen and oxygen atoms in total. The molecule has 1 saturated heterocycles. The first-order chi connectivity index (χ1) is 8.16. The Bertz CT molecular complexity index is 385. The van der Waals surface area contributed by atoms with Gasteiger partial charge in [-0.2, -0.15) is 0 Å². The Labute approximate surface area is 116 Å². The first kappa shape index (κ1) is 12.7. The van der Waals surface area contributed by atoms with Gasteiger partial charge in [0.05, 0.1) is 0 Å². The summed E-state index contributed by atoms with van der Waals surface area (Å²) in [6, 6.07) is 7.95. The maximum absolute atomic E-state index is 12.1. The number of anilines is 1. The van der Waals surface area contributed by atoms with Crippen molar-refractivity contribution in [1.82, 2.24) is 4.90 Å². The molecule has 0 bridgehead atoms. The van der Waals surface area contributed by atoms with Crippen LogP contribution in [0, 0.1) is 3.57 Å². The third-order valence-electron chi connectivity index (χ3n) is 3.02. The largest absolute Gasteiger partial charge is 0.374 e. The van der Waals surface area contributed by atoms with Gasteiger partial charge in [0.2, 0.25) is 5.91 Å². The summed E-state index contributed by atoms with van der Waals surface area (Å²) in [7, 11) is 0. The van der Waals surface area contributed by atoms with Crippen LogP contribution in [0.3, 0.4) is 0 Å². The molecule has 1 N–H and O–H groups in total. The Morgan fingerprint density at radius 3 is 2.47 bits per heavy atom. The number of nitrogens with zero attached hydrogens (tertiary/aromatic N) is 1. The first-order valence-corrected chi connectivity index (χ1v) is 7.05. The molecule has 1 fully saturated rings. The van der Waals surface area contributed by atoms with Crippen molar-refractivity contribution in [2.45, 2.75) is 25.8 Å². The van der Waals surface area contributed by atoms with Crippen LogP contribution in [0.15, 0.2) is 24.3 Å². The van der Waals surface area contributed by atoms with E-state index in [4.69, 9.17) is 0 Å². The zero-order chi connectivity index (χ0) is 12.3. The van der Waals surface area contributed by atoms with Crippen molar-refractivity contribution >= 4 is 34.2 Å². The van der Waals surface area contributed by atoms with Crippen LogP contribution in [0.4, 0.5) is 5.69 Å². The number of rotatable bonds is 3. The molecule has 17 heavy (non-hydrogen) atoms. The highest BCUT2D eigenvalue weighted by molar-refractivity contribution is 14.1. The predicted molar refractivity (Wildman–Crippen MR) is 78.1 cm³/mol. The summed E-state index contributed by atoms with van der Waals surface area (Å²) in [5.41, 5.74) is 1.01. The van der Waals surface area contributed by atoms with Gasteiger partial charge in [-0.15, -0.1) is 0 Å². The van der Waals surface area contributed by atoms with E-state index in [0.29, 0.717) is 0 Å². The number of halogens is 1. The lowest BCUT2D eigenvalue weighted by Crippen LogP contribution is -2.39. The molecule has 0 saturated carbocycles. The molecular weight excluding hydrogens is 327 g/mol. The molecule has 0 radical (unpaired) electrons. The molecular formula is C13H17IN2O.